The fourth-order valence-electron chi connectivity index (χ4n) is 2.98. The molecule has 0 radical (unpaired) electrons. The van der Waals surface area contributed by atoms with Crippen LogP contribution < -0.4 is 15.4 Å². The molecule has 0 bridgehead atoms. The van der Waals surface area contributed by atoms with Crippen molar-refractivity contribution in [2.24, 2.45) is 0 Å². The maximum atomic E-state index is 12.2. The molecule has 3 aromatic rings. The molecule has 0 saturated heterocycles. The third-order valence-corrected chi connectivity index (χ3v) is 4.46. The summed E-state index contributed by atoms with van der Waals surface area (Å²) in [5, 5.41) is 6.56. The largest absolute Gasteiger partial charge is 0.494 e. The van der Waals surface area contributed by atoms with Gasteiger partial charge in [0.2, 0.25) is 11.8 Å². The van der Waals surface area contributed by atoms with E-state index in [2.05, 4.69) is 10.6 Å². The topological polar surface area (TPSA) is 72.4 Å². The molecule has 2 amide bonds. The fraction of sp³-hybridized carbons (Fsp3) is 0.273. The lowest BCUT2D eigenvalue weighted by Crippen LogP contribution is -2.23. The Morgan fingerprint density at radius 1 is 1.07 bits per heavy atom. The number of carbonyl (C=O) groups excluding carboxylic acids is 2. The number of amides is 2. The van der Waals surface area contributed by atoms with Crippen LogP contribution in [0.1, 0.15) is 18.4 Å². The van der Waals surface area contributed by atoms with Crippen LogP contribution in [0, 0.1) is 6.92 Å². The molecule has 2 N–H and O–H groups in total. The number of rotatable bonds is 8. The Morgan fingerprint density at radius 2 is 1.93 bits per heavy atom. The van der Waals surface area contributed by atoms with Crippen molar-refractivity contribution in [1.29, 1.82) is 0 Å². The number of anilines is 1. The zero-order chi connectivity index (χ0) is 19.9. The van der Waals surface area contributed by atoms with Crippen molar-refractivity contribution in [1.82, 2.24) is 9.88 Å². The lowest BCUT2D eigenvalue weighted by Gasteiger charge is -2.09. The molecule has 2 aromatic carbocycles. The van der Waals surface area contributed by atoms with Gasteiger partial charge in [-0.3, -0.25) is 9.59 Å². The molecule has 3 rings (SSSR count). The van der Waals surface area contributed by atoms with E-state index >= 15 is 0 Å². The molecule has 0 saturated carbocycles. The highest BCUT2D eigenvalue weighted by Crippen LogP contribution is 2.21. The van der Waals surface area contributed by atoms with E-state index in [1.165, 1.54) is 0 Å². The van der Waals surface area contributed by atoms with Gasteiger partial charge in [-0.2, -0.15) is 0 Å². The van der Waals surface area contributed by atoms with Crippen LogP contribution in [0.5, 0.6) is 5.75 Å². The van der Waals surface area contributed by atoms with Crippen LogP contribution in [0.15, 0.2) is 54.7 Å². The normalized spacial score (nSPS) is 10.6. The number of carbonyl (C=O) groups is 2. The molecule has 0 aliphatic carbocycles. The van der Waals surface area contributed by atoms with Crippen molar-refractivity contribution in [3.8, 4) is 5.75 Å². The summed E-state index contributed by atoms with van der Waals surface area (Å²) in [6.45, 7) is 2.75. The molecule has 28 heavy (non-hydrogen) atoms. The molecule has 1 heterocycles. The van der Waals surface area contributed by atoms with E-state index < -0.39 is 0 Å². The lowest BCUT2D eigenvalue weighted by atomic mass is 10.2. The van der Waals surface area contributed by atoms with Crippen LogP contribution in [0.3, 0.4) is 0 Å². The van der Waals surface area contributed by atoms with Crippen molar-refractivity contribution in [2.75, 3.05) is 19.0 Å². The first kappa shape index (κ1) is 19.5. The van der Waals surface area contributed by atoms with Gasteiger partial charge in [-0.05, 0) is 54.6 Å². The molecule has 0 aliphatic heterocycles. The number of aromatic nitrogens is 1. The Hall–Kier alpha value is -3.28. The number of hydrogen-bond acceptors (Lipinski definition) is 3. The Bertz CT molecular complexity index is 978. The predicted molar refractivity (Wildman–Crippen MR) is 111 cm³/mol. The standard InChI is InChI=1S/C22H25N3O3/c1-16-5-3-6-19(13-16)28-12-4-7-21(26)24-18-9-8-17-10-11-25(20(17)14-18)15-22(27)23-2/h3,5-6,8-11,13-14H,4,7,12,15H2,1-2H3,(H,23,27)(H,24,26). The molecule has 6 nitrogen and oxygen atoms in total. The van der Waals surface area contributed by atoms with E-state index in [9.17, 15) is 9.59 Å². The van der Waals surface area contributed by atoms with Crippen molar-refractivity contribution in [3.63, 3.8) is 0 Å². The minimum Gasteiger partial charge on any atom is -0.494 e. The molecule has 0 atom stereocenters. The summed E-state index contributed by atoms with van der Waals surface area (Å²) in [4.78, 5) is 23.9. The van der Waals surface area contributed by atoms with Crippen molar-refractivity contribution < 1.29 is 14.3 Å². The van der Waals surface area contributed by atoms with Crippen LogP contribution >= 0.6 is 0 Å². The monoisotopic (exact) mass is 379 g/mol. The van der Waals surface area contributed by atoms with E-state index in [1.807, 2.05) is 66.2 Å². The summed E-state index contributed by atoms with van der Waals surface area (Å²) in [5.41, 5.74) is 2.77. The van der Waals surface area contributed by atoms with Crippen molar-refractivity contribution >= 4 is 28.4 Å². The van der Waals surface area contributed by atoms with Crippen LogP contribution in [0.2, 0.25) is 0 Å². The van der Waals surface area contributed by atoms with Gasteiger partial charge in [0.25, 0.3) is 0 Å². The maximum Gasteiger partial charge on any atom is 0.239 e. The summed E-state index contributed by atoms with van der Waals surface area (Å²) in [7, 11) is 1.61. The van der Waals surface area contributed by atoms with Crippen LogP contribution in [-0.2, 0) is 16.1 Å². The van der Waals surface area contributed by atoms with Gasteiger partial charge in [-0.1, -0.05) is 18.2 Å². The molecular weight excluding hydrogens is 354 g/mol. The average molecular weight is 379 g/mol. The minimum atomic E-state index is -0.0689. The highest BCUT2D eigenvalue weighted by molar-refractivity contribution is 5.94. The van der Waals surface area contributed by atoms with Gasteiger partial charge in [-0.15, -0.1) is 0 Å². The van der Waals surface area contributed by atoms with E-state index in [-0.39, 0.29) is 18.4 Å². The Labute approximate surface area is 164 Å². The highest BCUT2D eigenvalue weighted by atomic mass is 16.5. The number of likely N-dealkylation sites (N-methyl/N-ethyl adjacent to an activating group) is 1. The number of ether oxygens (including phenoxy) is 1. The smallest absolute Gasteiger partial charge is 0.239 e. The van der Waals surface area contributed by atoms with E-state index in [1.54, 1.807) is 7.05 Å². The second-order valence-corrected chi connectivity index (χ2v) is 6.71. The Morgan fingerprint density at radius 3 is 2.71 bits per heavy atom. The van der Waals surface area contributed by atoms with Gasteiger partial charge in [0, 0.05) is 25.4 Å². The van der Waals surface area contributed by atoms with Crippen molar-refractivity contribution in [2.45, 2.75) is 26.3 Å². The van der Waals surface area contributed by atoms with E-state index in [4.69, 9.17) is 4.74 Å². The predicted octanol–water partition coefficient (Wildman–Crippen LogP) is 3.49. The number of nitrogens with one attached hydrogen (secondary N) is 2. The highest BCUT2D eigenvalue weighted by Gasteiger charge is 2.08. The molecule has 146 valence electrons. The number of fused-ring (bicyclic) bond motifs is 1. The quantitative estimate of drug-likeness (QED) is 0.589. The number of benzene rings is 2. The maximum absolute atomic E-state index is 12.2. The second-order valence-electron chi connectivity index (χ2n) is 6.71. The summed E-state index contributed by atoms with van der Waals surface area (Å²) < 4.78 is 7.54. The summed E-state index contributed by atoms with van der Waals surface area (Å²) >= 11 is 0. The zero-order valence-electron chi connectivity index (χ0n) is 16.2. The molecule has 0 spiro atoms. The zero-order valence-corrected chi connectivity index (χ0v) is 16.2. The van der Waals surface area contributed by atoms with Crippen LogP contribution in [-0.4, -0.2) is 30.0 Å². The van der Waals surface area contributed by atoms with Gasteiger partial charge in [-0.25, -0.2) is 0 Å². The molecule has 6 heteroatoms. The third kappa shape index (κ3) is 5.13. The molecule has 0 aliphatic rings. The summed E-state index contributed by atoms with van der Waals surface area (Å²) in [5.74, 6) is 0.694. The molecule has 0 fully saturated rings. The lowest BCUT2D eigenvalue weighted by molar-refractivity contribution is -0.121. The van der Waals surface area contributed by atoms with Crippen LogP contribution in [0.25, 0.3) is 10.9 Å². The SMILES string of the molecule is CNC(=O)Cn1ccc2ccc(NC(=O)CCCOc3cccc(C)c3)cc21. The number of nitrogens with zero attached hydrogens (tertiary/aromatic N) is 1. The molecule has 1 aromatic heterocycles. The first-order valence-electron chi connectivity index (χ1n) is 9.34. The van der Waals surface area contributed by atoms with Gasteiger partial charge >= 0.3 is 0 Å². The average Bonchev–Trinajstić information content (AvgIpc) is 3.07. The van der Waals surface area contributed by atoms with Gasteiger partial charge in [0.05, 0.1) is 12.1 Å². The fourth-order valence-corrected chi connectivity index (χ4v) is 2.98. The Kier molecular flexibility index (Phi) is 6.32. The van der Waals surface area contributed by atoms with Gasteiger partial charge in [0.1, 0.15) is 12.3 Å². The minimum absolute atomic E-state index is 0.0587. The molecule has 0 unspecified atom stereocenters. The molecular formula is C22H25N3O3. The number of aryl methyl sites for hydroxylation is 1. The summed E-state index contributed by atoms with van der Waals surface area (Å²) in [6.07, 6.45) is 2.88. The van der Waals surface area contributed by atoms with Gasteiger partial charge in [0.15, 0.2) is 0 Å². The third-order valence-electron chi connectivity index (χ3n) is 4.46. The van der Waals surface area contributed by atoms with Crippen molar-refractivity contribution in [3.05, 3.63) is 60.3 Å². The number of hydrogen-bond donors (Lipinski definition) is 2. The van der Waals surface area contributed by atoms with E-state index in [0.717, 1.165) is 22.2 Å². The van der Waals surface area contributed by atoms with Crippen LogP contribution in [0.4, 0.5) is 5.69 Å². The Balaban J connectivity index is 1.52. The first-order valence-corrected chi connectivity index (χ1v) is 9.34. The second kappa shape index (κ2) is 9.08. The summed E-state index contributed by atoms with van der Waals surface area (Å²) in [6, 6.07) is 15.5. The first-order chi connectivity index (χ1) is 13.5. The van der Waals surface area contributed by atoms with E-state index in [0.29, 0.717) is 25.1 Å². The van der Waals surface area contributed by atoms with Gasteiger partial charge < -0.3 is 19.9 Å².